The molecule has 7 heteroatoms. The lowest BCUT2D eigenvalue weighted by molar-refractivity contribution is -0.116. The van der Waals surface area contributed by atoms with Crippen molar-refractivity contribution in [1.82, 2.24) is 10.0 Å². The van der Waals surface area contributed by atoms with Crippen LogP contribution in [0.1, 0.15) is 38.3 Å². The number of carbonyl (C=O) groups excluding carboxylic acids is 1. The molecule has 0 aliphatic heterocycles. The molecule has 1 aromatic carbocycles. The van der Waals surface area contributed by atoms with Crippen LogP contribution in [0.2, 0.25) is 0 Å². The minimum Gasteiger partial charge on any atom is -0.356 e. The van der Waals surface area contributed by atoms with Crippen LogP contribution in [-0.2, 0) is 11.3 Å². The van der Waals surface area contributed by atoms with E-state index in [2.05, 4.69) is 23.2 Å². The minimum absolute atomic E-state index is 0.268. The zero-order valence-electron chi connectivity index (χ0n) is 18.2. The van der Waals surface area contributed by atoms with E-state index < -0.39 is 11.8 Å². The smallest absolute Gasteiger partial charge is 0.271 e. The number of nitrogens with one attached hydrogen (secondary N) is 2. The van der Waals surface area contributed by atoms with Crippen molar-refractivity contribution in [2.24, 2.45) is 0 Å². The molecule has 30 heavy (non-hydrogen) atoms. The predicted molar refractivity (Wildman–Crippen MR) is 122 cm³/mol. The number of rotatable bonds is 9. The number of hydrogen-bond acceptors (Lipinski definition) is 3. The van der Waals surface area contributed by atoms with Crippen molar-refractivity contribution in [3.8, 4) is 0 Å². The van der Waals surface area contributed by atoms with Gasteiger partial charge in [-0.15, -0.1) is 13.2 Å². The zero-order valence-corrected chi connectivity index (χ0v) is 19.1. The number of carbonyl (C=O) groups is 1. The van der Waals surface area contributed by atoms with E-state index in [0.717, 1.165) is 23.5 Å². The molecule has 0 aliphatic carbocycles. The highest BCUT2D eigenvalue weighted by Crippen LogP contribution is 2.32. The first-order chi connectivity index (χ1) is 14.1. The molecular weight excluding hydrogens is 409 g/mol. The van der Waals surface area contributed by atoms with Crippen LogP contribution >= 0.6 is 11.9 Å². The third-order valence-corrected chi connectivity index (χ3v) is 5.04. The summed E-state index contributed by atoms with van der Waals surface area (Å²) >= 11 is 1.26. The van der Waals surface area contributed by atoms with Gasteiger partial charge in [0.2, 0.25) is 5.91 Å². The van der Waals surface area contributed by atoms with Crippen LogP contribution < -0.4 is 10.0 Å². The Morgan fingerprint density at radius 1 is 1.27 bits per heavy atom. The van der Waals surface area contributed by atoms with Crippen molar-refractivity contribution >= 4 is 17.9 Å². The lowest BCUT2D eigenvalue weighted by Gasteiger charge is -2.17. The average Bonchev–Trinajstić information content (AvgIpc) is 2.71. The Hall–Kier alpha value is -2.25. The largest absolute Gasteiger partial charge is 0.356 e. The molecule has 0 aliphatic rings. The molecule has 0 unspecified atom stereocenters. The van der Waals surface area contributed by atoms with Gasteiger partial charge in [-0.1, -0.05) is 25.1 Å². The van der Waals surface area contributed by atoms with Crippen LogP contribution in [0.5, 0.6) is 0 Å². The van der Waals surface area contributed by atoms with E-state index in [1.807, 2.05) is 19.9 Å². The minimum atomic E-state index is -3.17. The number of likely N-dealkylation sites (N-methyl/N-ethyl adjacent to an activating group) is 1. The van der Waals surface area contributed by atoms with E-state index in [4.69, 9.17) is 0 Å². The Balaban J connectivity index is 0.00000407. The highest BCUT2D eigenvalue weighted by molar-refractivity contribution is 8.01. The lowest BCUT2D eigenvalue weighted by Crippen LogP contribution is -2.21. The normalized spacial score (nSPS) is 12.9. The Morgan fingerprint density at radius 2 is 1.90 bits per heavy atom. The van der Waals surface area contributed by atoms with Gasteiger partial charge in [0.15, 0.2) is 0 Å². The number of amides is 1. The Morgan fingerprint density at radius 3 is 2.37 bits per heavy atom. The molecule has 0 radical (unpaired) electrons. The first-order valence-corrected chi connectivity index (χ1v) is 10.3. The molecular formula is C23H31F3N2OS. The van der Waals surface area contributed by atoms with Crippen LogP contribution in [0.4, 0.5) is 13.2 Å². The van der Waals surface area contributed by atoms with Gasteiger partial charge in [0.05, 0.1) is 0 Å². The Kier molecular flexibility index (Phi) is 12.8. The van der Waals surface area contributed by atoms with Crippen LogP contribution in [0.25, 0.3) is 0 Å². The Labute approximate surface area is 182 Å². The summed E-state index contributed by atoms with van der Waals surface area (Å²) in [7, 11) is 1.39. The first kappa shape index (κ1) is 27.8. The van der Waals surface area contributed by atoms with Crippen molar-refractivity contribution in [3.63, 3.8) is 0 Å². The summed E-state index contributed by atoms with van der Waals surface area (Å²) in [6.45, 7) is 12.4. The van der Waals surface area contributed by atoms with E-state index in [-0.39, 0.29) is 17.0 Å². The van der Waals surface area contributed by atoms with Gasteiger partial charge in [-0.2, -0.15) is 0 Å². The van der Waals surface area contributed by atoms with E-state index >= 15 is 0 Å². The van der Waals surface area contributed by atoms with E-state index in [9.17, 15) is 18.0 Å². The maximum absolute atomic E-state index is 14.1. The van der Waals surface area contributed by atoms with Gasteiger partial charge in [-0.3, -0.25) is 9.52 Å². The van der Waals surface area contributed by atoms with E-state index in [1.54, 1.807) is 25.1 Å². The Bertz CT molecular complexity index is 776. The molecule has 3 nitrogen and oxygen atoms in total. The molecule has 0 atom stereocenters. The maximum Gasteiger partial charge on any atom is 0.271 e. The molecule has 0 saturated carbocycles. The summed E-state index contributed by atoms with van der Waals surface area (Å²) in [6.07, 6.45) is 4.68. The number of benzene rings is 1. The third kappa shape index (κ3) is 9.05. The van der Waals surface area contributed by atoms with Gasteiger partial charge in [-0.05, 0) is 55.5 Å². The van der Waals surface area contributed by atoms with Crippen LogP contribution in [-0.4, -0.2) is 18.9 Å². The van der Waals surface area contributed by atoms with E-state index in [0.29, 0.717) is 18.5 Å². The van der Waals surface area contributed by atoms with Crippen LogP contribution in [0.3, 0.4) is 0 Å². The summed E-state index contributed by atoms with van der Waals surface area (Å²) in [4.78, 5) is 12.4. The standard InChI is InChI=1S/C21H27F3N2OS.C2H4/c1-6-15(18(21(4,23)24)12-20(27)25-5)11-16(7-2)28-26-13-17-14(3)9-8-10-19(17)22;1-2/h6,8-12,26H,7,13H2,1-5H3,(H,25,27);1-2H2/b15-6+,16-11+,18-12+;. The molecule has 0 bridgehead atoms. The van der Waals surface area contributed by atoms with Gasteiger partial charge in [0.1, 0.15) is 5.82 Å². The molecule has 1 amide bonds. The second kappa shape index (κ2) is 13.9. The third-order valence-electron chi connectivity index (χ3n) is 4.09. The summed E-state index contributed by atoms with van der Waals surface area (Å²) in [6, 6.07) is 4.89. The summed E-state index contributed by atoms with van der Waals surface area (Å²) in [5.41, 5.74) is 1.32. The van der Waals surface area contributed by atoms with Crippen molar-refractivity contribution in [2.75, 3.05) is 7.05 Å². The van der Waals surface area contributed by atoms with Crippen LogP contribution in [0, 0.1) is 12.7 Å². The summed E-state index contributed by atoms with van der Waals surface area (Å²) in [5.74, 6) is -4.06. The molecule has 2 N–H and O–H groups in total. The molecule has 0 heterocycles. The molecule has 0 spiro atoms. The summed E-state index contributed by atoms with van der Waals surface area (Å²) < 4.78 is 45.1. The second-order valence-corrected chi connectivity index (χ2v) is 7.24. The van der Waals surface area contributed by atoms with Gasteiger partial charge in [0.25, 0.3) is 5.92 Å². The highest BCUT2D eigenvalue weighted by atomic mass is 32.2. The number of aryl methyl sites for hydroxylation is 1. The van der Waals surface area contributed by atoms with Gasteiger partial charge < -0.3 is 5.32 Å². The zero-order chi connectivity index (χ0) is 23.3. The topological polar surface area (TPSA) is 41.1 Å². The molecule has 0 saturated heterocycles. The fourth-order valence-electron chi connectivity index (χ4n) is 2.45. The molecule has 0 fully saturated rings. The lowest BCUT2D eigenvalue weighted by atomic mass is 9.99. The predicted octanol–water partition coefficient (Wildman–Crippen LogP) is 6.24. The molecule has 0 aromatic heterocycles. The van der Waals surface area contributed by atoms with Crippen LogP contribution in [0.15, 0.2) is 65.6 Å². The average molecular weight is 441 g/mol. The molecule has 1 aromatic rings. The number of halogens is 3. The molecule has 1 rings (SSSR count). The van der Waals surface area contributed by atoms with E-state index in [1.165, 1.54) is 25.1 Å². The van der Waals surface area contributed by atoms with Crippen molar-refractivity contribution < 1.29 is 18.0 Å². The van der Waals surface area contributed by atoms with Crippen molar-refractivity contribution in [3.05, 3.63) is 82.6 Å². The first-order valence-electron chi connectivity index (χ1n) is 9.46. The highest BCUT2D eigenvalue weighted by Gasteiger charge is 2.30. The SMILES string of the molecule is C/C=C(\C=C(/CC)SNCc1c(C)cccc1F)C(=C\C(=O)NC)/C(C)(F)F.C=C. The number of allylic oxidation sites excluding steroid dienone is 5. The molecule has 166 valence electrons. The number of alkyl halides is 2. The maximum atomic E-state index is 14.1. The van der Waals surface area contributed by atoms with Gasteiger partial charge in [0, 0.05) is 42.6 Å². The summed E-state index contributed by atoms with van der Waals surface area (Å²) in [5, 5.41) is 2.33. The van der Waals surface area contributed by atoms with Gasteiger partial charge >= 0.3 is 0 Å². The van der Waals surface area contributed by atoms with Crippen molar-refractivity contribution in [1.29, 1.82) is 0 Å². The second-order valence-electron chi connectivity index (χ2n) is 6.23. The fourth-order valence-corrected chi connectivity index (χ4v) is 3.18. The number of hydrogen-bond donors (Lipinski definition) is 2. The monoisotopic (exact) mass is 440 g/mol. The quantitative estimate of drug-likeness (QED) is 0.207. The van der Waals surface area contributed by atoms with Gasteiger partial charge in [-0.25, -0.2) is 13.2 Å². The fraction of sp³-hybridized carbons (Fsp3) is 0.348. The van der Waals surface area contributed by atoms with Crippen molar-refractivity contribution in [2.45, 2.75) is 46.6 Å².